The SMILES string of the molecule is C.CC(CNc1ccc(-c2nc3ccc(O)cc3s2)cc1)CNc1ccc(-c2nc3ccc(O)cc3s2)cc1.Oc1ccc2nc(-c3ccc(NCC(F)CNc4ccc(-c5nc6ccc(O)cc6s5)cc4)cc3)sc2c1. The molecular weight excluding hydrogens is 1040 g/mol. The van der Waals surface area contributed by atoms with E-state index in [1.165, 1.54) is 22.7 Å². The van der Waals surface area contributed by atoms with E-state index < -0.39 is 6.17 Å². The first kappa shape index (κ1) is 52.1. The molecule has 0 saturated carbocycles. The summed E-state index contributed by atoms with van der Waals surface area (Å²) in [7, 11) is 0. The maximum Gasteiger partial charge on any atom is 0.134 e. The fraction of sp³-hybridized carbons (Fsp3) is 0.133. The number of nitrogens with one attached hydrogen (secondary N) is 4. The number of hydrogen-bond acceptors (Lipinski definition) is 16. The van der Waals surface area contributed by atoms with Crippen molar-refractivity contribution in [3.8, 4) is 65.3 Å². The number of fused-ring (bicyclic) bond motifs is 4. The van der Waals surface area contributed by atoms with E-state index in [0.717, 1.165) is 119 Å². The van der Waals surface area contributed by atoms with E-state index in [0.29, 0.717) is 5.92 Å². The van der Waals surface area contributed by atoms with E-state index >= 15 is 0 Å². The molecule has 0 saturated heterocycles. The van der Waals surface area contributed by atoms with Crippen LogP contribution in [0.3, 0.4) is 0 Å². The van der Waals surface area contributed by atoms with Gasteiger partial charge in [0.05, 0.1) is 40.9 Å². The Morgan fingerprint density at radius 2 is 0.597 bits per heavy atom. The highest BCUT2D eigenvalue weighted by molar-refractivity contribution is 7.22. The summed E-state index contributed by atoms with van der Waals surface area (Å²) in [6, 6.07) is 53.0. The summed E-state index contributed by atoms with van der Waals surface area (Å²) >= 11 is 6.21. The fourth-order valence-electron chi connectivity index (χ4n) is 8.26. The Morgan fingerprint density at radius 1 is 0.364 bits per heavy atom. The van der Waals surface area contributed by atoms with E-state index in [9.17, 15) is 24.8 Å². The Balaban J connectivity index is 0.000000172. The molecule has 0 aliphatic carbocycles. The molecule has 0 bridgehead atoms. The zero-order valence-electron chi connectivity index (χ0n) is 40.7. The average molecular weight is 1100 g/mol. The van der Waals surface area contributed by atoms with Gasteiger partial charge in [-0.05, 0) is 176 Å². The molecule has 77 heavy (non-hydrogen) atoms. The predicted molar refractivity (Wildman–Crippen MR) is 322 cm³/mol. The number of halogens is 1. The number of benzene rings is 8. The van der Waals surface area contributed by atoms with Crippen molar-refractivity contribution in [3.05, 3.63) is 170 Å². The second-order valence-corrected chi connectivity index (χ2v) is 22.3. The third-order valence-corrected chi connectivity index (χ3v) is 16.6. The second-order valence-electron chi connectivity index (χ2n) is 18.2. The van der Waals surface area contributed by atoms with Crippen LogP contribution in [0.4, 0.5) is 27.1 Å². The monoisotopic (exact) mass is 1100 g/mol. The summed E-state index contributed by atoms with van der Waals surface area (Å²) in [5, 5.41) is 55.7. The second kappa shape index (κ2) is 23.3. The number of aromatic hydroxyl groups is 4. The van der Waals surface area contributed by atoms with E-state index in [1.807, 2.05) is 60.7 Å². The minimum absolute atomic E-state index is 0. The van der Waals surface area contributed by atoms with Gasteiger partial charge in [0.15, 0.2) is 0 Å². The number of anilines is 4. The van der Waals surface area contributed by atoms with Crippen LogP contribution in [0.5, 0.6) is 23.0 Å². The van der Waals surface area contributed by atoms with Gasteiger partial charge in [-0.15, -0.1) is 45.3 Å². The summed E-state index contributed by atoms with van der Waals surface area (Å²) in [6.45, 7) is 4.29. The molecular formula is C60H53FN8O4S4. The van der Waals surface area contributed by atoms with Gasteiger partial charge in [0, 0.05) is 71.2 Å². The van der Waals surface area contributed by atoms with Crippen molar-refractivity contribution in [2.24, 2.45) is 5.92 Å². The van der Waals surface area contributed by atoms with Crippen LogP contribution in [-0.2, 0) is 0 Å². The van der Waals surface area contributed by atoms with E-state index in [-0.39, 0.29) is 43.5 Å². The lowest BCUT2D eigenvalue weighted by Gasteiger charge is -2.15. The molecule has 4 heterocycles. The van der Waals surface area contributed by atoms with E-state index in [1.54, 1.807) is 83.3 Å². The largest absolute Gasteiger partial charge is 0.508 e. The molecule has 12 aromatic rings. The lowest BCUT2D eigenvalue weighted by atomic mass is 10.1. The van der Waals surface area contributed by atoms with Crippen molar-refractivity contribution in [1.82, 2.24) is 19.9 Å². The maximum absolute atomic E-state index is 14.6. The van der Waals surface area contributed by atoms with Gasteiger partial charge in [-0.3, -0.25) is 0 Å². The molecule has 0 fully saturated rings. The maximum atomic E-state index is 14.6. The van der Waals surface area contributed by atoms with Crippen molar-refractivity contribution in [3.63, 3.8) is 0 Å². The van der Waals surface area contributed by atoms with Crippen LogP contribution < -0.4 is 21.3 Å². The number of thiazole rings is 4. The Morgan fingerprint density at radius 3 is 0.844 bits per heavy atom. The number of rotatable bonds is 16. The normalized spacial score (nSPS) is 11.3. The van der Waals surface area contributed by atoms with Gasteiger partial charge in [-0.25, -0.2) is 24.3 Å². The van der Waals surface area contributed by atoms with Gasteiger partial charge in [0.25, 0.3) is 0 Å². The first-order valence-corrected chi connectivity index (χ1v) is 27.7. The van der Waals surface area contributed by atoms with Gasteiger partial charge < -0.3 is 41.7 Å². The molecule has 4 aromatic heterocycles. The molecule has 388 valence electrons. The summed E-state index contributed by atoms with van der Waals surface area (Å²) in [6.07, 6.45) is -1.08. The first-order valence-electron chi connectivity index (χ1n) is 24.4. The molecule has 17 heteroatoms. The molecule has 12 nitrogen and oxygen atoms in total. The quantitative estimate of drug-likeness (QED) is 0.0460. The van der Waals surface area contributed by atoms with Crippen LogP contribution in [-0.4, -0.2) is 72.7 Å². The average Bonchev–Trinajstić information content (AvgIpc) is 4.32. The van der Waals surface area contributed by atoms with Crippen LogP contribution in [0.1, 0.15) is 14.4 Å². The Bertz CT molecular complexity index is 3430. The molecule has 8 N–H and O–H groups in total. The van der Waals surface area contributed by atoms with E-state index in [4.69, 9.17) is 0 Å². The van der Waals surface area contributed by atoms with Crippen LogP contribution in [0.2, 0.25) is 0 Å². The van der Waals surface area contributed by atoms with Crippen LogP contribution in [0.15, 0.2) is 170 Å². The van der Waals surface area contributed by atoms with Crippen molar-refractivity contribution >= 4 is 109 Å². The summed E-state index contributed by atoms with van der Waals surface area (Å²) in [4.78, 5) is 18.6. The molecule has 0 radical (unpaired) electrons. The number of phenols is 4. The predicted octanol–water partition coefficient (Wildman–Crippen LogP) is 16.0. The zero-order valence-corrected chi connectivity index (χ0v) is 44.0. The number of hydrogen-bond donors (Lipinski definition) is 8. The molecule has 0 aliphatic rings. The van der Waals surface area contributed by atoms with Crippen molar-refractivity contribution in [2.45, 2.75) is 20.5 Å². The molecule has 0 atom stereocenters. The summed E-state index contributed by atoms with van der Waals surface area (Å²) in [5.41, 5.74) is 11.4. The molecule has 0 amide bonds. The number of aromatic nitrogens is 4. The number of phenolic OH excluding ortho intramolecular Hbond substituents is 4. The molecule has 12 rings (SSSR count). The highest BCUT2D eigenvalue weighted by atomic mass is 32.1. The third-order valence-electron chi connectivity index (χ3n) is 12.4. The van der Waals surface area contributed by atoms with Gasteiger partial charge >= 0.3 is 0 Å². The summed E-state index contributed by atoms with van der Waals surface area (Å²) < 4.78 is 18.4. The minimum atomic E-state index is -1.08. The lowest BCUT2D eigenvalue weighted by molar-refractivity contribution is 0.365. The van der Waals surface area contributed by atoms with Crippen molar-refractivity contribution in [1.29, 1.82) is 0 Å². The minimum Gasteiger partial charge on any atom is -0.508 e. The highest BCUT2D eigenvalue weighted by Gasteiger charge is 2.13. The number of alkyl halides is 1. The topological polar surface area (TPSA) is 181 Å². The van der Waals surface area contributed by atoms with E-state index in [2.05, 4.69) is 96.7 Å². The van der Waals surface area contributed by atoms with Crippen molar-refractivity contribution in [2.75, 3.05) is 47.4 Å². The van der Waals surface area contributed by atoms with Gasteiger partial charge in [-0.1, -0.05) is 14.4 Å². The molecule has 0 aliphatic heterocycles. The van der Waals surface area contributed by atoms with Gasteiger partial charge in [0.2, 0.25) is 0 Å². The van der Waals surface area contributed by atoms with Gasteiger partial charge in [-0.2, -0.15) is 0 Å². The molecule has 0 unspecified atom stereocenters. The van der Waals surface area contributed by atoms with Crippen molar-refractivity contribution < 1.29 is 24.8 Å². The fourth-order valence-corrected chi connectivity index (χ4v) is 12.3. The summed E-state index contributed by atoms with van der Waals surface area (Å²) in [5.74, 6) is 1.40. The smallest absolute Gasteiger partial charge is 0.134 e. The Hall–Kier alpha value is -8.35. The van der Waals surface area contributed by atoms with Crippen LogP contribution in [0, 0.1) is 5.92 Å². The van der Waals surface area contributed by atoms with Crippen LogP contribution in [0.25, 0.3) is 83.2 Å². The first-order chi connectivity index (χ1) is 37.0. The molecule has 0 spiro atoms. The standard InChI is InChI=1S/C30H26N4O2S2.C29H23FN4O2S2.CH4/c1-18(16-31-21-6-2-19(3-7-21)29-33-25-12-10-23(35)14-27(25)37-29)17-32-22-8-4-20(5-9-22)30-34-26-13-11-24(36)15-28(26)38-30;30-19(15-31-20-5-1-17(2-6-20)28-33-24-11-9-22(35)13-26(24)37-28)16-32-21-7-3-18(4-8-21)29-34-25-12-10-23(36)14-27(25)38-29;/h2-15,18,31-32,35-36H,16-17H2,1H3;1-14,19,31-32,35-36H,15-16H2;1H4. The third kappa shape index (κ3) is 12.7. The lowest BCUT2D eigenvalue weighted by Crippen LogP contribution is -2.23. The number of nitrogens with zero attached hydrogens (tertiary/aromatic N) is 4. The molecule has 8 aromatic carbocycles. The van der Waals surface area contributed by atoms with Crippen LogP contribution >= 0.6 is 45.3 Å². The van der Waals surface area contributed by atoms with Gasteiger partial charge in [0.1, 0.15) is 49.2 Å². The Kier molecular flexibility index (Phi) is 15.7. The Labute approximate surface area is 459 Å². The highest BCUT2D eigenvalue weighted by Crippen LogP contribution is 2.37. The zero-order chi connectivity index (χ0) is 52.1.